The molecule has 1 N–H and O–H groups in total. The van der Waals surface area contributed by atoms with E-state index in [9.17, 15) is 14.4 Å². The van der Waals surface area contributed by atoms with Crippen LogP contribution in [-0.4, -0.2) is 24.4 Å². The van der Waals surface area contributed by atoms with Crippen LogP contribution < -0.4 is 10.2 Å². The fourth-order valence-corrected chi connectivity index (χ4v) is 3.12. The Kier molecular flexibility index (Phi) is 6.03. The van der Waals surface area contributed by atoms with E-state index in [1.165, 1.54) is 0 Å². The van der Waals surface area contributed by atoms with Crippen molar-refractivity contribution >= 4 is 40.8 Å². The zero-order valence-corrected chi connectivity index (χ0v) is 17.2. The molecule has 2 aromatic rings. The number of esters is 1. The van der Waals surface area contributed by atoms with Gasteiger partial charge in [0.1, 0.15) is 10.7 Å². The molecule has 150 valence electrons. The molecule has 2 aromatic carbocycles. The summed E-state index contributed by atoms with van der Waals surface area (Å²) in [6, 6.07) is 11.9. The second kappa shape index (κ2) is 8.49. The molecule has 0 spiro atoms. The molecule has 1 aliphatic heterocycles. The van der Waals surface area contributed by atoms with E-state index in [1.54, 1.807) is 30.3 Å². The van der Waals surface area contributed by atoms with E-state index < -0.39 is 17.8 Å². The molecule has 0 aromatic heterocycles. The maximum atomic E-state index is 12.9. The van der Waals surface area contributed by atoms with Gasteiger partial charge in [0.05, 0.1) is 17.9 Å². The lowest BCUT2D eigenvalue weighted by Crippen LogP contribution is -2.32. The molecule has 0 unspecified atom stereocenters. The lowest BCUT2D eigenvalue weighted by atomic mass is 10.1. The summed E-state index contributed by atoms with van der Waals surface area (Å²) in [5.41, 5.74) is 3.14. The molecule has 0 aliphatic carbocycles. The Morgan fingerprint density at radius 3 is 2.41 bits per heavy atom. The monoisotopic (exact) mass is 412 g/mol. The maximum Gasteiger partial charge on any atom is 0.338 e. The molecule has 0 fully saturated rings. The predicted octanol–water partition coefficient (Wildman–Crippen LogP) is 4.31. The summed E-state index contributed by atoms with van der Waals surface area (Å²) in [4.78, 5) is 38.5. The number of amides is 2. The van der Waals surface area contributed by atoms with Crippen LogP contribution in [-0.2, 0) is 14.3 Å². The van der Waals surface area contributed by atoms with Crippen LogP contribution >= 0.6 is 11.6 Å². The summed E-state index contributed by atoms with van der Waals surface area (Å²) in [7, 11) is 0. The fraction of sp³-hybridized carbons (Fsp3) is 0.227. The number of carbonyl (C=O) groups excluding carboxylic acids is 3. The molecule has 0 saturated heterocycles. The second-order valence-electron chi connectivity index (χ2n) is 6.76. The van der Waals surface area contributed by atoms with Crippen molar-refractivity contribution in [3.8, 4) is 0 Å². The van der Waals surface area contributed by atoms with Gasteiger partial charge in [-0.1, -0.05) is 30.7 Å². The Morgan fingerprint density at radius 1 is 1.07 bits per heavy atom. The summed E-state index contributed by atoms with van der Waals surface area (Å²) in [5.74, 6) is -1.52. The lowest BCUT2D eigenvalue weighted by molar-refractivity contribution is -0.120. The first-order chi connectivity index (χ1) is 13.8. The van der Waals surface area contributed by atoms with Crippen LogP contribution in [0.2, 0.25) is 0 Å². The number of nitrogens with one attached hydrogen (secondary N) is 1. The minimum atomic E-state index is -0.576. The molecule has 0 saturated carbocycles. The van der Waals surface area contributed by atoms with Gasteiger partial charge in [-0.3, -0.25) is 9.59 Å². The number of anilines is 2. The maximum absolute atomic E-state index is 12.9. The van der Waals surface area contributed by atoms with Gasteiger partial charge in [-0.15, -0.1) is 0 Å². The Morgan fingerprint density at radius 2 is 1.76 bits per heavy atom. The standard InChI is InChI=1S/C22H21ClN2O4/c1-4-11-29-22(28)15-7-9-16(10-8-15)24-19-18(23)20(26)25(21(19)27)17-12-13(2)5-6-14(17)3/h5-10,12,24H,4,11H2,1-3H3. The molecule has 1 heterocycles. The fourth-order valence-electron chi connectivity index (χ4n) is 2.90. The van der Waals surface area contributed by atoms with E-state index in [2.05, 4.69) is 5.32 Å². The van der Waals surface area contributed by atoms with Crippen LogP contribution in [0.3, 0.4) is 0 Å². The number of hydrogen-bond acceptors (Lipinski definition) is 5. The van der Waals surface area contributed by atoms with Crippen molar-refractivity contribution in [3.63, 3.8) is 0 Å². The van der Waals surface area contributed by atoms with Gasteiger partial charge in [-0.25, -0.2) is 9.69 Å². The van der Waals surface area contributed by atoms with E-state index in [4.69, 9.17) is 16.3 Å². The number of imide groups is 1. The highest BCUT2D eigenvalue weighted by molar-refractivity contribution is 6.53. The number of nitrogens with zero attached hydrogens (tertiary/aromatic N) is 1. The molecule has 29 heavy (non-hydrogen) atoms. The summed E-state index contributed by atoms with van der Waals surface area (Å²) in [6.45, 7) is 5.98. The van der Waals surface area contributed by atoms with Crippen LogP contribution in [0.4, 0.5) is 11.4 Å². The van der Waals surface area contributed by atoms with Gasteiger partial charge in [-0.05, 0) is 61.7 Å². The van der Waals surface area contributed by atoms with Crippen molar-refractivity contribution in [1.29, 1.82) is 0 Å². The summed E-state index contributed by atoms with van der Waals surface area (Å²) < 4.78 is 5.09. The van der Waals surface area contributed by atoms with Gasteiger partial charge >= 0.3 is 5.97 Å². The zero-order chi connectivity index (χ0) is 21.1. The zero-order valence-electron chi connectivity index (χ0n) is 16.4. The van der Waals surface area contributed by atoms with Gasteiger partial charge in [0.2, 0.25) is 0 Å². The third-order valence-corrected chi connectivity index (χ3v) is 4.81. The Bertz CT molecular complexity index is 1010. The van der Waals surface area contributed by atoms with Gasteiger partial charge in [0.25, 0.3) is 11.8 Å². The average Bonchev–Trinajstić information content (AvgIpc) is 2.92. The SMILES string of the molecule is CCCOC(=O)c1ccc(NC2=C(Cl)C(=O)N(c3cc(C)ccc3C)C2=O)cc1. The van der Waals surface area contributed by atoms with Gasteiger partial charge < -0.3 is 10.1 Å². The van der Waals surface area contributed by atoms with E-state index in [-0.39, 0.29) is 10.7 Å². The number of hydrogen-bond donors (Lipinski definition) is 1. The molecule has 1 aliphatic rings. The second-order valence-corrected chi connectivity index (χ2v) is 7.14. The summed E-state index contributed by atoms with van der Waals surface area (Å²) in [5, 5.41) is 2.72. The van der Waals surface area contributed by atoms with Gasteiger partial charge in [-0.2, -0.15) is 0 Å². The molecule has 6 nitrogen and oxygen atoms in total. The summed E-state index contributed by atoms with van der Waals surface area (Å²) >= 11 is 6.18. The van der Waals surface area contributed by atoms with Crippen molar-refractivity contribution in [2.75, 3.05) is 16.8 Å². The van der Waals surface area contributed by atoms with Crippen molar-refractivity contribution in [3.05, 3.63) is 69.9 Å². The Labute approximate surface area is 174 Å². The molecule has 0 radical (unpaired) electrons. The molecular formula is C22H21ClN2O4. The van der Waals surface area contributed by atoms with Crippen LogP contribution in [0.1, 0.15) is 34.8 Å². The smallest absolute Gasteiger partial charge is 0.338 e. The first-order valence-corrected chi connectivity index (χ1v) is 9.61. The molecule has 3 rings (SSSR count). The minimum Gasteiger partial charge on any atom is -0.462 e. The molecule has 2 amide bonds. The molecule has 7 heteroatoms. The first kappa shape index (κ1) is 20.6. The van der Waals surface area contributed by atoms with Gasteiger partial charge in [0.15, 0.2) is 0 Å². The number of ether oxygens (including phenoxy) is 1. The van der Waals surface area contributed by atoms with E-state index in [0.29, 0.717) is 23.5 Å². The highest BCUT2D eigenvalue weighted by Crippen LogP contribution is 2.32. The molecule has 0 atom stereocenters. The van der Waals surface area contributed by atoms with Crippen LogP contribution in [0, 0.1) is 13.8 Å². The normalized spacial score (nSPS) is 13.9. The Hall–Kier alpha value is -3.12. The topological polar surface area (TPSA) is 75.7 Å². The average molecular weight is 413 g/mol. The quantitative estimate of drug-likeness (QED) is 0.565. The highest BCUT2D eigenvalue weighted by atomic mass is 35.5. The van der Waals surface area contributed by atoms with Crippen molar-refractivity contribution in [2.45, 2.75) is 27.2 Å². The predicted molar refractivity (Wildman–Crippen MR) is 112 cm³/mol. The third kappa shape index (κ3) is 4.17. The largest absolute Gasteiger partial charge is 0.462 e. The van der Waals surface area contributed by atoms with E-state index in [1.807, 2.05) is 32.9 Å². The van der Waals surface area contributed by atoms with Crippen molar-refractivity contribution in [1.82, 2.24) is 0 Å². The van der Waals surface area contributed by atoms with Crippen molar-refractivity contribution < 1.29 is 19.1 Å². The summed E-state index contributed by atoms with van der Waals surface area (Å²) in [6.07, 6.45) is 0.741. The highest BCUT2D eigenvalue weighted by Gasteiger charge is 2.39. The first-order valence-electron chi connectivity index (χ1n) is 9.23. The van der Waals surface area contributed by atoms with E-state index >= 15 is 0 Å². The van der Waals surface area contributed by atoms with E-state index in [0.717, 1.165) is 22.4 Å². The Balaban J connectivity index is 1.81. The number of rotatable bonds is 6. The van der Waals surface area contributed by atoms with Gasteiger partial charge in [0, 0.05) is 5.69 Å². The number of carbonyl (C=O) groups is 3. The van der Waals surface area contributed by atoms with Crippen LogP contribution in [0.15, 0.2) is 53.2 Å². The number of halogens is 1. The number of benzene rings is 2. The van der Waals surface area contributed by atoms with Crippen LogP contribution in [0.25, 0.3) is 0 Å². The number of aryl methyl sites for hydroxylation is 2. The molecular weight excluding hydrogens is 392 g/mol. The third-order valence-electron chi connectivity index (χ3n) is 4.46. The lowest BCUT2D eigenvalue weighted by Gasteiger charge is -2.18. The van der Waals surface area contributed by atoms with Crippen LogP contribution in [0.5, 0.6) is 0 Å². The minimum absolute atomic E-state index is 0.00103. The van der Waals surface area contributed by atoms with Crippen molar-refractivity contribution in [2.24, 2.45) is 0 Å². The molecule has 0 bridgehead atoms.